The number of anilines is 1. The van der Waals surface area contributed by atoms with E-state index in [0.717, 1.165) is 12.1 Å². The second kappa shape index (κ2) is 10.5. The van der Waals surface area contributed by atoms with Crippen LogP contribution >= 0.6 is 11.6 Å². The van der Waals surface area contributed by atoms with Crippen molar-refractivity contribution in [3.63, 3.8) is 0 Å². The summed E-state index contributed by atoms with van der Waals surface area (Å²) in [6.45, 7) is 2.24. The minimum Gasteiger partial charge on any atom is -0.493 e. The van der Waals surface area contributed by atoms with Gasteiger partial charge in [0.05, 0.1) is 25.0 Å². The average molecular weight is 480 g/mol. The fourth-order valence-corrected chi connectivity index (χ4v) is 3.25. The van der Waals surface area contributed by atoms with Gasteiger partial charge in [-0.1, -0.05) is 23.7 Å². The molecule has 0 radical (unpaired) electrons. The molecule has 33 heavy (non-hydrogen) atoms. The molecule has 0 aliphatic heterocycles. The van der Waals surface area contributed by atoms with Crippen LogP contribution in [0, 0.1) is 0 Å². The van der Waals surface area contributed by atoms with Crippen LogP contribution in [0.4, 0.5) is 18.9 Å². The normalized spacial score (nSPS) is 11.1. The molecule has 0 fully saturated rings. The van der Waals surface area contributed by atoms with Gasteiger partial charge < -0.3 is 19.5 Å². The van der Waals surface area contributed by atoms with Gasteiger partial charge in [-0.25, -0.2) is 0 Å². The van der Waals surface area contributed by atoms with Gasteiger partial charge in [0.2, 0.25) is 0 Å². The highest BCUT2D eigenvalue weighted by Gasteiger charge is 2.34. The van der Waals surface area contributed by atoms with E-state index in [4.69, 9.17) is 25.8 Å². The first-order valence-electron chi connectivity index (χ1n) is 9.92. The lowest BCUT2D eigenvalue weighted by Crippen LogP contribution is -2.17. The first-order valence-corrected chi connectivity index (χ1v) is 10.3. The number of carbonyl (C=O) groups excluding carboxylic acids is 1. The van der Waals surface area contributed by atoms with Gasteiger partial charge in [-0.2, -0.15) is 13.2 Å². The van der Waals surface area contributed by atoms with Gasteiger partial charge in [0, 0.05) is 16.1 Å². The summed E-state index contributed by atoms with van der Waals surface area (Å²) in [4.78, 5) is 12.8. The molecule has 1 amide bonds. The maximum Gasteiger partial charge on any atom is 0.418 e. The van der Waals surface area contributed by atoms with Crippen LogP contribution in [0.15, 0.2) is 60.7 Å². The molecule has 0 aliphatic rings. The smallest absolute Gasteiger partial charge is 0.418 e. The van der Waals surface area contributed by atoms with Crippen molar-refractivity contribution in [1.82, 2.24) is 0 Å². The molecule has 0 aromatic heterocycles. The van der Waals surface area contributed by atoms with Crippen molar-refractivity contribution in [2.24, 2.45) is 0 Å². The molecule has 9 heteroatoms. The first-order chi connectivity index (χ1) is 15.7. The Morgan fingerprint density at radius 3 is 2.36 bits per heavy atom. The van der Waals surface area contributed by atoms with Crippen molar-refractivity contribution in [2.75, 3.05) is 19.0 Å². The lowest BCUT2D eigenvalue weighted by Gasteiger charge is -2.16. The van der Waals surface area contributed by atoms with Crippen LogP contribution in [-0.2, 0) is 12.8 Å². The predicted molar refractivity (Wildman–Crippen MR) is 119 cm³/mol. The molecule has 0 aliphatic carbocycles. The molecule has 174 valence electrons. The third-order valence-electron chi connectivity index (χ3n) is 4.61. The number of alkyl halides is 3. The Labute approximate surface area is 194 Å². The maximum atomic E-state index is 13.4. The van der Waals surface area contributed by atoms with Crippen molar-refractivity contribution >= 4 is 23.2 Å². The fraction of sp³-hybridized carbons (Fsp3) is 0.208. The molecule has 1 N–H and O–H groups in total. The number of methoxy groups -OCH3 is 1. The minimum atomic E-state index is -4.68. The summed E-state index contributed by atoms with van der Waals surface area (Å²) >= 11 is 5.70. The summed E-state index contributed by atoms with van der Waals surface area (Å²) in [5, 5.41) is 2.23. The molecule has 5 nitrogen and oxygen atoms in total. The second-order valence-corrected chi connectivity index (χ2v) is 7.27. The Morgan fingerprint density at radius 1 is 0.970 bits per heavy atom. The standard InChI is InChI=1S/C24H21ClF3NO4/c1-3-32-20-11-8-15(12-16(20)14-33-22-7-5-4-6-21(22)31-2)23(30)29-19-10-9-17(25)13-18(19)24(26,27)28/h4-13H,3,14H2,1-2H3,(H,29,30). The largest absolute Gasteiger partial charge is 0.493 e. The monoisotopic (exact) mass is 479 g/mol. The van der Waals surface area contributed by atoms with Gasteiger partial charge >= 0.3 is 6.18 Å². The summed E-state index contributed by atoms with van der Waals surface area (Å²) in [6.07, 6.45) is -4.68. The summed E-state index contributed by atoms with van der Waals surface area (Å²) in [7, 11) is 1.52. The Hall–Kier alpha value is -3.39. The Bertz CT molecular complexity index is 1130. The van der Waals surface area contributed by atoms with Crippen LogP contribution < -0.4 is 19.5 Å². The Balaban J connectivity index is 1.86. The Morgan fingerprint density at radius 2 is 1.70 bits per heavy atom. The van der Waals surface area contributed by atoms with Gasteiger partial charge in [0.25, 0.3) is 5.91 Å². The fourth-order valence-electron chi connectivity index (χ4n) is 3.08. The summed E-state index contributed by atoms with van der Waals surface area (Å²) in [5.41, 5.74) is -0.741. The van der Waals surface area contributed by atoms with Gasteiger partial charge in [-0.15, -0.1) is 0 Å². The van der Waals surface area contributed by atoms with Gasteiger partial charge in [-0.3, -0.25) is 4.79 Å². The average Bonchev–Trinajstić information content (AvgIpc) is 2.79. The van der Waals surface area contributed by atoms with Crippen molar-refractivity contribution in [3.8, 4) is 17.2 Å². The zero-order valence-electron chi connectivity index (χ0n) is 17.8. The topological polar surface area (TPSA) is 56.8 Å². The van der Waals surface area contributed by atoms with Crippen LogP contribution in [0.3, 0.4) is 0 Å². The third kappa shape index (κ3) is 6.10. The zero-order valence-corrected chi connectivity index (χ0v) is 18.6. The third-order valence-corrected chi connectivity index (χ3v) is 4.85. The minimum absolute atomic E-state index is 0.0472. The molecule has 3 aromatic rings. The highest BCUT2D eigenvalue weighted by atomic mass is 35.5. The molecule has 0 heterocycles. The lowest BCUT2D eigenvalue weighted by atomic mass is 10.1. The molecule has 0 bridgehead atoms. The quantitative estimate of drug-likeness (QED) is 0.395. The number of para-hydroxylation sites is 2. The Kier molecular flexibility index (Phi) is 7.71. The van der Waals surface area contributed by atoms with Crippen molar-refractivity contribution in [1.29, 1.82) is 0 Å². The van der Waals surface area contributed by atoms with Crippen LogP contribution in [0.25, 0.3) is 0 Å². The number of nitrogens with one attached hydrogen (secondary N) is 1. The number of amides is 1. The molecular weight excluding hydrogens is 459 g/mol. The van der Waals surface area contributed by atoms with E-state index in [9.17, 15) is 18.0 Å². The van der Waals surface area contributed by atoms with E-state index in [0.29, 0.717) is 29.4 Å². The number of halogens is 4. The van der Waals surface area contributed by atoms with E-state index in [1.165, 1.54) is 25.3 Å². The highest BCUT2D eigenvalue weighted by Crippen LogP contribution is 2.37. The number of carbonyl (C=O) groups is 1. The van der Waals surface area contributed by atoms with Crippen LogP contribution in [-0.4, -0.2) is 19.6 Å². The van der Waals surface area contributed by atoms with Crippen LogP contribution in [0.1, 0.15) is 28.4 Å². The molecule has 3 aromatic carbocycles. The molecule has 0 saturated heterocycles. The van der Waals surface area contributed by atoms with Gasteiger partial charge in [-0.05, 0) is 55.5 Å². The molecule has 0 saturated carbocycles. The first kappa shape index (κ1) is 24.3. The number of hydrogen-bond donors (Lipinski definition) is 1. The number of rotatable bonds is 8. The molecule has 0 unspecified atom stereocenters. The van der Waals surface area contributed by atoms with Crippen LogP contribution in [0.2, 0.25) is 5.02 Å². The van der Waals surface area contributed by atoms with E-state index in [1.807, 2.05) is 6.92 Å². The van der Waals surface area contributed by atoms with Crippen molar-refractivity contribution < 1.29 is 32.2 Å². The molecule has 3 rings (SSSR count). The number of ether oxygens (including phenoxy) is 3. The van der Waals surface area contributed by atoms with Crippen molar-refractivity contribution in [2.45, 2.75) is 19.7 Å². The summed E-state index contributed by atoms with van der Waals surface area (Å²) in [6, 6.07) is 14.8. The SMILES string of the molecule is CCOc1ccc(C(=O)Nc2ccc(Cl)cc2C(F)(F)F)cc1COc1ccccc1OC. The second-order valence-electron chi connectivity index (χ2n) is 6.84. The van der Waals surface area contributed by atoms with E-state index in [-0.39, 0.29) is 17.2 Å². The highest BCUT2D eigenvalue weighted by molar-refractivity contribution is 6.30. The molecular formula is C24H21ClF3NO4. The predicted octanol–water partition coefficient (Wildman–Crippen LogP) is 6.60. The molecule has 0 atom stereocenters. The van der Waals surface area contributed by atoms with E-state index < -0.39 is 23.3 Å². The molecule has 0 spiro atoms. The van der Waals surface area contributed by atoms with Gasteiger partial charge in [0.1, 0.15) is 12.4 Å². The number of hydrogen-bond acceptors (Lipinski definition) is 4. The van der Waals surface area contributed by atoms with E-state index in [1.54, 1.807) is 30.3 Å². The lowest BCUT2D eigenvalue weighted by molar-refractivity contribution is -0.136. The summed E-state index contributed by atoms with van der Waals surface area (Å²) < 4.78 is 56.8. The van der Waals surface area contributed by atoms with Crippen molar-refractivity contribution in [3.05, 3.63) is 82.4 Å². The van der Waals surface area contributed by atoms with E-state index >= 15 is 0 Å². The summed E-state index contributed by atoms with van der Waals surface area (Å²) in [5.74, 6) is 0.802. The zero-order chi connectivity index (χ0) is 24.0. The maximum absolute atomic E-state index is 13.4. The number of benzene rings is 3. The van der Waals surface area contributed by atoms with Crippen LogP contribution in [0.5, 0.6) is 17.2 Å². The van der Waals surface area contributed by atoms with Gasteiger partial charge in [0.15, 0.2) is 11.5 Å². The van der Waals surface area contributed by atoms with E-state index in [2.05, 4.69) is 5.32 Å².